The van der Waals surface area contributed by atoms with Crippen LogP contribution < -0.4 is 4.90 Å². The first-order chi connectivity index (χ1) is 8.60. The quantitative estimate of drug-likeness (QED) is 0.809. The molecule has 0 amide bonds. The van der Waals surface area contributed by atoms with Crippen molar-refractivity contribution in [2.45, 2.75) is 13.3 Å². The molecule has 0 bridgehead atoms. The fourth-order valence-corrected chi connectivity index (χ4v) is 2.36. The number of hydrogen-bond donors (Lipinski definition) is 0. The Balaban J connectivity index is 2.82. The average molecular weight is 310 g/mol. The van der Waals surface area contributed by atoms with Crippen molar-refractivity contribution in [1.29, 1.82) is 5.26 Å². The van der Waals surface area contributed by atoms with Crippen LogP contribution >= 0.6 is 15.9 Å². The van der Waals surface area contributed by atoms with Gasteiger partial charge in [0.25, 0.3) is 0 Å². The number of hydrogen-bond acceptors (Lipinski definition) is 3. The summed E-state index contributed by atoms with van der Waals surface area (Å²) in [6.07, 6.45) is 1.10. The maximum Gasteiger partial charge on any atom is 0.103 e. The molecule has 0 atom stereocenters. The maximum absolute atomic E-state index is 9.24. The second kappa shape index (κ2) is 7.40. The van der Waals surface area contributed by atoms with Gasteiger partial charge >= 0.3 is 0 Å². The van der Waals surface area contributed by atoms with Crippen LogP contribution in [0.3, 0.4) is 0 Å². The van der Waals surface area contributed by atoms with Gasteiger partial charge in [-0.15, -0.1) is 0 Å². The average Bonchev–Trinajstić information content (AvgIpc) is 2.34. The van der Waals surface area contributed by atoms with E-state index < -0.39 is 0 Å². The summed E-state index contributed by atoms with van der Waals surface area (Å²) in [5.74, 6) is 0. The van der Waals surface area contributed by atoms with Crippen LogP contribution in [0.5, 0.6) is 0 Å². The van der Waals surface area contributed by atoms with Crippen LogP contribution in [0.1, 0.15) is 18.9 Å². The highest BCUT2D eigenvalue weighted by Gasteiger charge is 2.11. The van der Waals surface area contributed by atoms with Gasteiger partial charge in [0.15, 0.2) is 0 Å². The molecular formula is C14H20BrN3. The van der Waals surface area contributed by atoms with E-state index in [-0.39, 0.29) is 0 Å². The highest BCUT2D eigenvalue weighted by molar-refractivity contribution is 9.10. The van der Waals surface area contributed by atoms with Gasteiger partial charge in [-0.25, -0.2) is 0 Å². The molecule has 0 spiro atoms. The van der Waals surface area contributed by atoms with Crippen LogP contribution in [0.15, 0.2) is 22.7 Å². The summed E-state index contributed by atoms with van der Waals surface area (Å²) in [5, 5.41) is 9.24. The zero-order chi connectivity index (χ0) is 13.5. The van der Waals surface area contributed by atoms with Gasteiger partial charge < -0.3 is 9.80 Å². The van der Waals surface area contributed by atoms with Crippen molar-refractivity contribution in [1.82, 2.24) is 4.90 Å². The molecule has 0 aliphatic carbocycles. The van der Waals surface area contributed by atoms with Gasteiger partial charge in [0.1, 0.15) is 6.07 Å². The van der Waals surface area contributed by atoms with Gasteiger partial charge in [0.05, 0.1) is 11.3 Å². The number of benzene rings is 1. The van der Waals surface area contributed by atoms with Crippen LogP contribution in [0.2, 0.25) is 0 Å². The van der Waals surface area contributed by atoms with E-state index in [9.17, 15) is 5.26 Å². The largest absolute Gasteiger partial charge is 0.371 e. The third-order valence-electron chi connectivity index (χ3n) is 2.86. The third-order valence-corrected chi connectivity index (χ3v) is 3.52. The van der Waals surface area contributed by atoms with E-state index in [1.54, 1.807) is 0 Å². The van der Waals surface area contributed by atoms with Crippen molar-refractivity contribution in [3.8, 4) is 6.07 Å². The highest BCUT2D eigenvalue weighted by atomic mass is 79.9. The van der Waals surface area contributed by atoms with Crippen molar-refractivity contribution in [2.24, 2.45) is 0 Å². The molecule has 1 aromatic rings. The molecule has 0 saturated carbocycles. The SMILES string of the molecule is CCN(CCCN(C)C)c1cccc(Br)c1C#N. The molecular weight excluding hydrogens is 290 g/mol. The molecule has 1 rings (SSSR count). The molecule has 0 saturated heterocycles. The van der Waals surface area contributed by atoms with Crippen LogP contribution in [0.4, 0.5) is 5.69 Å². The van der Waals surface area contributed by atoms with Crippen molar-refractivity contribution < 1.29 is 0 Å². The van der Waals surface area contributed by atoms with E-state index >= 15 is 0 Å². The minimum atomic E-state index is 0.726. The fraction of sp³-hybridized carbons (Fsp3) is 0.500. The molecule has 0 radical (unpaired) electrons. The first-order valence-corrected chi connectivity index (χ1v) is 6.97. The van der Waals surface area contributed by atoms with E-state index in [1.165, 1.54) is 0 Å². The van der Waals surface area contributed by atoms with E-state index in [2.05, 4.69) is 52.8 Å². The molecule has 0 aliphatic heterocycles. The van der Waals surface area contributed by atoms with Crippen molar-refractivity contribution in [3.05, 3.63) is 28.2 Å². The Kier molecular flexibility index (Phi) is 6.17. The Morgan fingerprint density at radius 2 is 2.00 bits per heavy atom. The Bertz CT molecular complexity index is 424. The lowest BCUT2D eigenvalue weighted by molar-refractivity contribution is 0.400. The molecule has 18 heavy (non-hydrogen) atoms. The van der Waals surface area contributed by atoms with Gasteiger partial charge in [0.2, 0.25) is 0 Å². The summed E-state index contributed by atoms with van der Waals surface area (Å²) < 4.78 is 0.869. The molecule has 1 aromatic carbocycles. The first kappa shape index (κ1) is 15.0. The molecule has 4 heteroatoms. The molecule has 98 valence electrons. The first-order valence-electron chi connectivity index (χ1n) is 6.18. The number of anilines is 1. The summed E-state index contributed by atoms with van der Waals surface area (Å²) in [6, 6.07) is 8.19. The second-order valence-electron chi connectivity index (χ2n) is 4.48. The monoisotopic (exact) mass is 309 g/mol. The van der Waals surface area contributed by atoms with E-state index in [0.29, 0.717) is 0 Å². The highest BCUT2D eigenvalue weighted by Crippen LogP contribution is 2.27. The molecule has 0 aromatic heterocycles. The lowest BCUT2D eigenvalue weighted by atomic mass is 10.1. The Morgan fingerprint density at radius 1 is 1.28 bits per heavy atom. The number of rotatable bonds is 6. The number of nitrogens with zero attached hydrogens (tertiary/aromatic N) is 3. The van der Waals surface area contributed by atoms with Crippen molar-refractivity contribution in [2.75, 3.05) is 38.6 Å². The number of nitriles is 1. The van der Waals surface area contributed by atoms with Crippen LogP contribution in [-0.2, 0) is 0 Å². The summed E-state index contributed by atoms with van der Waals surface area (Å²) in [7, 11) is 4.16. The topological polar surface area (TPSA) is 30.3 Å². The van der Waals surface area contributed by atoms with E-state index in [0.717, 1.165) is 41.8 Å². The Hall–Kier alpha value is -1.05. The van der Waals surface area contributed by atoms with E-state index in [4.69, 9.17) is 0 Å². The maximum atomic E-state index is 9.24. The standard InChI is InChI=1S/C14H20BrN3/c1-4-18(10-6-9-17(2)3)14-8-5-7-13(15)12(14)11-16/h5,7-8H,4,6,9-10H2,1-3H3. The number of halogens is 1. The second-order valence-corrected chi connectivity index (χ2v) is 5.34. The summed E-state index contributed by atoms with van der Waals surface area (Å²) >= 11 is 3.44. The normalized spacial score (nSPS) is 10.4. The Labute approximate surface area is 118 Å². The molecule has 0 N–H and O–H groups in total. The zero-order valence-corrected chi connectivity index (χ0v) is 12.9. The zero-order valence-electron chi connectivity index (χ0n) is 11.3. The molecule has 0 fully saturated rings. The predicted molar refractivity (Wildman–Crippen MR) is 79.9 cm³/mol. The van der Waals surface area contributed by atoms with Gasteiger partial charge in [-0.1, -0.05) is 6.07 Å². The molecule has 0 unspecified atom stereocenters. The van der Waals surface area contributed by atoms with Gasteiger partial charge in [0, 0.05) is 17.6 Å². The minimum Gasteiger partial charge on any atom is -0.371 e. The summed E-state index contributed by atoms with van der Waals surface area (Å²) in [6.45, 7) is 5.07. The third kappa shape index (κ3) is 4.01. The van der Waals surface area contributed by atoms with Crippen molar-refractivity contribution in [3.63, 3.8) is 0 Å². The lowest BCUT2D eigenvalue weighted by Crippen LogP contribution is -2.27. The molecule has 0 heterocycles. The minimum absolute atomic E-state index is 0.726. The summed E-state index contributed by atoms with van der Waals surface area (Å²) in [4.78, 5) is 4.44. The predicted octanol–water partition coefficient (Wildman–Crippen LogP) is 3.10. The van der Waals surface area contributed by atoms with Gasteiger partial charge in [-0.2, -0.15) is 5.26 Å². The molecule has 3 nitrogen and oxygen atoms in total. The van der Waals surface area contributed by atoms with E-state index in [1.807, 2.05) is 18.2 Å². The Morgan fingerprint density at radius 3 is 2.56 bits per heavy atom. The molecule has 0 aliphatic rings. The van der Waals surface area contributed by atoms with Gasteiger partial charge in [-0.05, 0) is 62.0 Å². The summed E-state index contributed by atoms with van der Waals surface area (Å²) in [5.41, 5.74) is 1.75. The lowest BCUT2D eigenvalue weighted by Gasteiger charge is -2.25. The van der Waals surface area contributed by atoms with Crippen molar-refractivity contribution >= 4 is 21.6 Å². The van der Waals surface area contributed by atoms with Crippen LogP contribution in [0, 0.1) is 11.3 Å². The smallest absolute Gasteiger partial charge is 0.103 e. The van der Waals surface area contributed by atoms with Gasteiger partial charge in [-0.3, -0.25) is 0 Å². The fourth-order valence-electron chi connectivity index (χ4n) is 1.91. The van der Waals surface area contributed by atoms with Crippen LogP contribution in [-0.4, -0.2) is 38.6 Å². The van der Waals surface area contributed by atoms with Crippen LogP contribution in [0.25, 0.3) is 0 Å².